The second-order valence-corrected chi connectivity index (χ2v) is 6.51. The maximum Gasteiger partial charge on any atom is 0.253 e. The molecule has 5 heteroatoms. The monoisotopic (exact) mass is 279 g/mol. The van der Waals surface area contributed by atoms with Crippen LogP contribution in [0.25, 0.3) is 0 Å². The molecule has 2 rings (SSSR count). The number of nitrogens with one attached hydrogen (secondary N) is 1. The van der Waals surface area contributed by atoms with E-state index in [2.05, 4.69) is 5.32 Å². The fourth-order valence-electron chi connectivity index (χ4n) is 3.01. The van der Waals surface area contributed by atoms with E-state index in [1.54, 1.807) is 0 Å². The van der Waals surface area contributed by atoms with E-state index in [-0.39, 0.29) is 11.5 Å². The zero-order chi connectivity index (χ0) is 13.0. The molecule has 0 radical (unpaired) electrons. The summed E-state index contributed by atoms with van der Waals surface area (Å²) < 4.78 is 32.2. The van der Waals surface area contributed by atoms with Gasteiger partial charge >= 0.3 is 0 Å². The Morgan fingerprint density at radius 3 is 2.94 bits per heavy atom. The van der Waals surface area contributed by atoms with Crippen LogP contribution >= 0.6 is 11.8 Å². The second kappa shape index (κ2) is 6.53. The lowest BCUT2D eigenvalue weighted by molar-refractivity contribution is -0.0953. The fourth-order valence-corrected chi connectivity index (χ4v) is 4.39. The molecular weight excluding hydrogens is 256 g/mol. The molecule has 2 aliphatic rings. The van der Waals surface area contributed by atoms with Gasteiger partial charge in [0.1, 0.15) is 0 Å². The smallest absolute Gasteiger partial charge is 0.253 e. The first kappa shape index (κ1) is 14.5. The molecule has 1 N–H and O–H groups in total. The van der Waals surface area contributed by atoms with Crippen molar-refractivity contribution in [1.82, 2.24) is 5.32 Å². The first-order valence-corrected chi connectivity index (χ1v) is 8.05. The highest BCUT2D eigenvalue weighted by atomic mass is 32.2. The number of alkyl halides is 2. The first-order chi connectivity index (χ1) is 8.67. The predicted octanol–water partition coefficient (Wildman–Crippen LogP) is 2.92. The lowest BCUT2D eigenvalue weighted by atomic mass is 9.81. The van der Waals surface area contributed by atoms with Crippen molar-refractivity contribution in [2.45, 2.75) is 50.7 Å². The normalized spacial score (nSPS) is 34.3. The number of rotatable bonds is 5. The minimum atomic E-state index is -2.27. The number of ether oxygens (including phenoxy) is 1. The predicted molar refractivity (Wildman–Crippen MR) is 71.4 cm³/mol. The Bertz CT molecular complexity index is 259. The van der Waals surface area contributed by atoms with Gasteiger partial charge in [0.25, 0.3) is 6.43 Å². The molecule has 2 aliphatic heterocycles. The summed E-state index contributed by atoms with van der Waals surface area (Å²) in [6.45, 7) is 3.32. The van der Waals surface area contributed by atoms with Crippen molar-refractivity contribution >= 4 is 11.8 Å². The van der Waals surface area contributed by atoms with Crippen LogP contribution in [0.4, 0.5) is 8.78 Å². The van der Waals surface area contributed by atoms with Crippen LogP contribution in [-0.4, -0.2) is 42.7 Å². The molecule has 0 bridgehead atoms. The number of halogens is 2. The maximum atomic E-state index is 13.2. The van der Waals surface area contributed by atoms with Gasteiger partial charge in [0, 0.05) is 12.4 Å². The van der Waals surface area contributed by atoms with Crippen LogP contribution in [0.15, 0.2) is 0 Å². The fraction of sp³-hybridized carbons (Fsp3) is 1.00. The van der Waals surface area contributed by atoms with Crippen LogP contribution in [0.1, 0.15) is 32.6 Å². The van der Waals surface area contributed by atoms with E-state index < -0.39 is 12.5 Å². The molecular formula is C13H23F2NOS. The molecule has 0 aromatic carbocycles. The van der Waals surface area contributed by atoms with Crippen molar-refractivity contribution in [2.75, 3.05) is 24.7 Å². The van der Waals surface area contributed by atoms with Gasteiger partial charge in [0.2, 0.25) is 0 Å². The van der Waals surface area contributed by atoms with Gasteiger partial charge in [-0.05, 0) is 43.9 Å². The molecule has 106 valence electrons. The van der Waals surface area contributed by atoms with Gasteiger partial charge in [-0.1, -0.05) is 6.92 Å². The van der Waals surface area contributed by atoms with Gasteiger partial charge in [0.05, 0.1) is 11.6 Å². The molecule has 2 saturated heterocycles. The zero-order valence-corrected chi connectivity index (χ0v) is 11.8. The van der Waals surface area contributed by atoms with Crippen molar-refractivity contribution < 1.29 is 13.5 Å². The van der Waals surface area contributed by atoms with Gasteiger partial charge in [-0.15, -0.1) is 0 Å². The van der Waals surface area contributed by atoms with Gasteiger partial charge in [-0.25, -0.2) is 8.78 Å². The molecule has 2 fully saturated rings. The highest BCUT2D eigenvalue weighted by molar-refractivity contribution is 7.99. The summed E-state index contributed by atoms with van der Waals surface area (Å²) >= 11 is 1.89. The summed E-state index contributed by atoms with van der Waals surface area (Å²) in [7, 11) is 0. The van der Waals surface area contributed by atoms with Gasteiger partial charge in [-0.2, -0.15) is 11.8 Å². The van der Waals surface area contributed by atoms with E-state index in [0.717, 1.165) is 37.2 Å². The maximum absolute atomic E-state index is 13.2. The summed E-state index contributed by atoms with van der Waals surface area (Å²) in [4.78, 5) is 0. The minimum absolute atomic E-state index is 0.0593. The van der Waals surface area contributed by atoms with Gasteiger partial charge in [0.15, 0.2) is 0 Å². The largest absolute Gasteiger partial charge is 0.374 e. The SMILES string of the molecule is CCCNC(C(F)F)C1CCOC2(CCSC2)C1. The molecule has 0 aromatic heterocycles. The quantitative estimate of drug-likeness (QED) is 0.836. The summed E-state index contributed by atoms with van der Waals surface area (Å²) in [6, 6.07) is -0.656. The topological polar surface area (TPSA) is 21.3 Å². The molecule has 0 aliphatic carbocycles. The molecule has 0 amide bonds. The Kier molecular flexibility index (Phi) is 5.27. The van der Waals surface area contributed by atoms with Crippen molar-refractivity contribution in [3.63, 3.8) is 0 Å². The highest BCUT2D eigenvalue weighted by Crippen LogP contribution is 2.41. The third-order valence-corrected chi connectivity index (χ3v) is 5.23. The molecule has 2 heterocycles. The van der Waals surface area contributed by atoms with E-state index >= 15 is 0 Å². The van der Waals surface area contributed by atoms with E-state index in [4.69, 9.17) is 4.74 Å². The van der Waals surface area contributed by atoms with E-state index in [1.807, 2.05) is 18.7 Å². The molecule has 1 spiro atoms. The molecule has 18 heavy (non-hydrogen) atoms. The lowest BCUT2D eigenvalue weighted by Gasteiger charge is -2.41. The van der Waals surface area contributed by atoms with Crippen LogP contribution in [-0.2, 0) is 4.74 Å². The van der Waals surface area contributed by atoms with Crippen LogP contribution in [0.3, 0.4) is 0 Å². The van der Waals surface area contributed by atoms with Crippen LogP contribution in [0.2, 0.25) is 0 Å². The summed E-state index contributed by atoms with van der Waals surface area (Å²) in [5.74, 6) is 2.14. The number of hydrogen-bond donors (Lipinski definition) is 1. The molecule has 0 aromatic rings. The van der Waals surface area contributed by atoms with E-state index in [1.165, 1.54) is 0 Å². The highest BCUT2D eigenvalue weighted by Gasteiger charge is 2.44. The van der Waals surface area contributed by atoms with Crippen LogP contribution in [0, 0.1) is 5.92 Å². The third kappa shape index (κ3) is 3.36. The number of hydrogen-bond acceptors (Lipinski definition) is 3. The standard InChI is InChI=1S/C13H23F2NOS/c1-2-5-16-11(12(14)15)10-3-6-17-13(8-10)4-7-18-9-13/h10-12,16H,2-9H2,1H3. The average Bonchev–Trinajstić information content (AvgIpc) is 2.77. The Balaban J connectivity index is 1.96. The molecule has 3 atom stereocenters. The van der Waals surface area contributed by atoms with Gasteiger partial charge in [-0.3, -0.25) is 0 Å². The second-order valence-electron chi connectivity index (χ2n) is 5.40. The lowest BCUT2D eigenvalue weighted by Crippen LogP contribution is -2.50. The first-order valence-electron chi connectivity index (χ1n) is 6.90. The Labute approximate surface area is 112 Å². The molecule has 0 saturated carbocycles. The van der Waals surface area contributed by atoms with E-state index in [9.17, 15) is 8.78 Å². The molecule has 2 nitrogen and oxygen atoms in total. The van der Waals surface area contributed by atoms with Crippen LogP contribution in [0.5, 0.6) is 0 Å². The summed E-state index contributed by atoms with van der Waals surface area (Å²) in [6.07, 6.45) is 1.21. The van der Waals surface area contributed by atoms with E-state index in [0.29, 0.717) is 13.2 Å². The van der Waals surface area contributed by atoms with Crippen molar-refractivity contribution in [3.05, 3.63) is 0 Å². The van der Waals surface area contributed by atoms with Crippen molar-refractivity contribution in [3.8, 4) is 0 Å². The van der Waals surface area contributed by atoms with Gasteiger partial charge < -0.3 is 10.1 Å². The van der Waals surface area contributed by atoms with Crippen molar-refractivity contribution in [2.24, 2.45) is 5.92 Å². The van der Waals surface area contributed by atoms with Crippen LogP contribution < -0.4 is 5.32 Å². The Morgan fingerprint density at radius 1 is 1.50 bits per heavy atom. The summed E-state index contributed by atoms with van der Waals surface area (Å²) in [5, 5.41) is 3.03. The third-order valence-electron chi connectivity index (χ3n) is 4.01. The minimum Gasteiger partial charge on any atom is -0.374 e. The van der Waals surface area contributed by atoms with Crippen molar-refractivity contribution in [1.29, 1.82) is 0 Å². The average molecular weight is 279 g/mol. The Morgan fingerprint density at radius 2 is 2.33 bits per heavy atom. The number of thioether (sulfide) groups is 1. The summed E-state index contributed by atoms with van der Waals surface area (Å²) in [5.41, 5.74) is -0.103. The Hall–Kier alpha value is 0.130. The zero-order valence-electron chi connectivity index (χ0n) is 11.0. The molecule has 3 unspecified atom stereocenters.